The number of hydrogen-bond acceptors (Lipinski definition) is 3. The largest absolute Gasteiger partial charge is 0.373 e. The molecule has 2 aromatic rings. The third-order valence-corrected chi connectivity index (χ3v) is 3.02. The molecule has 0 aliphatic heterocycles. The summed E-state index contributed by atoms with van der Waals surface area (Å²) < 4.78 is 25.8. The zero-order valence-electron chi connectivity index (χ0n) is 9.08. The lowest BCUT2D eigenvalue weighted by molar-refractivity contribution is 0.506. The number of nitrogens with one attached hydrogen (secondary N) is 1. The standard InChI is InChI=1S/C12H10F2N2S/c1-15-11-3-2-4-12(16-11)17-8-5-6-9(13)10(14)7-8/h2-7H,1H3,(H,15,16). The first-order valence-corrected chi connectivity index (χ1v) is 5.78. The molecule has 0 saturated heterocycles. The number of aromatic nitrogens is 1. The number of benzene rings is 1. The molecule has 1 aromatic heterocycles. The smallest absolute Gasteiger partial charge is 0.159 e. The molecule has 0 amide bonds. The first-order valence-electron chi connectivity index (χ1n) is 4.97. The molecule has 0 spiro atoms. The highest BCUT2D eigenvalue weighted by atomic mass is 32.2. The van der Waals surface area contributed by atoms with E-state index in [2.05, 4.69) is 10.3 Å². The van der Waals surface area contributed by atoms with E-state index < -0.39 is 11.6 Å². The van der Waals surface area contributed by atoms with Crippen molar-refractivity contribution in [2.24, 2.45) is 0 Å². The van der Waals surface area contributed by atoms with Gasteiger partial charge in [0.15, 0.2) is 11.6 Å². The zero-order valence-corrected chi connectivity index (χ0v) is 9.89. The minimum absolute atomic E-state index is 0.615. The van der Waals surface area contributed by atoms with Crippen molar-refractivity contribution in [1.82, 2.24) is 4.98 Å². The van der Waals surface area contributed by atoms with Crippen LogP contribution in [0.25, 0.3) is 0 Å². The van der Waals surface area contributed by atoms with E-state index >= 15 is 0 Å². The molecule has 2 rings (SSSR count). The lowest BCUT2D eigenvalue weighted by Crippen LogP contribution is -1.92. The van der Waals surface area contributed by atoms with Crippen molar-refractivity contribution in [3.63, 3.8) is 0 Å². The molecule has 0 atom stereocenters. The van der Waals surface area contributed by atoms with Gasteiger partial charge in [-0.05, 0) is 30.3 Å². The van der Waals surface area contributed by atoms with E-state index in [4.69, 9.17) is 0 Å². The van der Waals surface area contributed by atoms with Crippen molar-refractivity contribution in [3.05, 3.63) is 48.0 Å². The van der Waals surface area contributed by atoms with Gasteiger partial charge in [0, 0.05) is 11.9 Å². The van der Waals surface area contributed by atoms with Gasteiger partial charge in [0.2, 0.25) is 0 Å². The quantitative estimate of drug-likeness (QED) is 0.904. The fourth-order valence-corrected chi connectivity index (χ4v) is 2.10. The van der Waals surface area contributed by atoms with Crippen molar-refractivity contribution < 1.29 is 8.78 Å². The summed E-state index contributed by atoms with van der Waals surface area (Å²) in [5.74, 6) is -0.955. The van der Waals surface area contributed by atoms with Gasteiger partial charge in [-0.3, -0.25) is 0 Å². The van der Waals surface area contributed by atoms with Crippen LogP contribution in [0.2, 0.25) is 0 Å². The van der Waals surface area contributed by atoms with Gasteiger partial charge in [-0.1, -0.05) is 17.8 Å². The first-order chi connectivity index (χ1) is 8.19. The maximum absolute atomic E-state index is 13.0. The summed E-state index contributed by atoms with van der Waals surface area (Å²) in [6.07, 6.45) is 0. The van der Waals surface area contributed by atoms with Gasteiger partial charge in [-0.2, -0.15) is 0 Å². The highest BCUT2D eigenvalue weighted by Crippen LogP contribution is 2.27. The maximum atomic E-state index is 13.0. The highest BCUT2D eigenvalue weighted by molar-refractivity contribution is 7.99. The van der Waals surface area contributed by atoms with Gasteiger partial charge in [0.1, 0.15) is 10.8 Å². The molecule has 5 heteroatoms. The van der Waals surface area contributed by atoms with Crippen molar-refractivity contribution in [2.45, 2.75) is 9.92 Å². The Kier molecular flexibility index (Phi) is 3.58. The lowest BCUT2D eigenvalue weighted by Gasteiger charge is -2.04. The predicted molar refractivity (Wildman–Crippen MR) is 64.3 cm³/mol. The summed E-state index contributed by atoms with van der Waals surface area (Å²) in [5, 5.41) is 3.64. The Hall–Kier alpha value is -1.62. The molecule has 17 heavy (non-hydrogen) atoms. The second-order valence-electron chi connectivity index (χ2n) is 3.29. The molecule has 1 aromatic carbocycles. The van der Waals surface area contributed by atoms with E-state index in [1.54, 1.807) is 7.05 Å². The normalized spacial score (nSPS) is 10.3. The molecule has 0 saturated carbocycles. The van der Waals surface area contributed by atoms with Crippen LogP contribution in [0.4, 0.5) is 14.6 Å². The molecular weight excluding hydrogens is 242 g/mol. The summed E-state index contributed by atoms with van der Waals surface area (Å²) in [5.41, 5.74) is 0. The number of anilines is 1. The Morgan fingerprint density at radius 1 is 1.12 bits per heavy atom. The molecule has 88 valence electrons. The number of hydrogen-bond donors (Lipinski definition) is 1. The van der Waals surface area contributed by atoms with Gasteiger partial charge in [0.05, 0.1) is 0 Å². The SMILES string of the molecule is CNc1cccc(Sc2ccc(F)c(F)c2)n1. The third kappa shape index (κ3) is 2.94. The Labute approximate surface area is 102 Å². The van der Waals surface area contributed by atoms with Crippen molar-refractivity contribution in [3.8, 4) is 0 Å². The van der Waals surface area contributed by atoms with Crippen LogP contribution in [-0.2, 0) is 0 Å². The topological polar surface area (TPSA) is 24.9 Å². The van der Waals surface area contributed by atoms with E-state index in [0.717, 1.165) is 23.0 Å². The second-order valence-corrected chi connectivity index (χ2v) is 4.38. The number of halogens is 2. The van der Waals surface area contributed by atoms with Crippen LogP contribution in [0, 0.1) is 11.6 Å². The van der Waals surface area contributed by atoms with Crippen molar-refractivity contribution in [2.75, 3.05) is 12.4 Å². The van der Waals surface area contributed by atoms with E-state index in [-0.39, 0.29) is 0 Å². The Morgan fingerprint density at radius 3 is 2.65 bits per heavy atom. The minimum Gasteiger partial charge on any atom is -0.373 e. The van der Waals surface area contributed by atoms with Crippen LogP contribution in [-0.4, -0.2) is 12.0 Å². The number of rotatable bonds is 3. The van der Waals surface area contributed by atoms with Crippen LogP contribution in [0.15, 0.2) is 46.3 Å². The predicted octanol–water partition coefficient (Wildman–Crippen LogP) is 3.55. The van der Waals surface area contributed by atoms with Gasteiger partial charge in [-0.25, -0.2) is 13.8 Å². The molecule has 0 bridgehead atoms. The molecule has 1 heterocycles. The molecule has 0 fully saturated rings. The molecule has 0 radical (unpaired) electrons. The third-order valence-electron chi connectivity index (χ3n) is 2.09. The first kappa shape index (κ1) is 11.9. The highest BCUT2D eigenvalue weighted by Gasteiger charge is 2.05. The van der Waals surface area contributed by atoms with E-state index in [0.29, 0.717) is 4.90 Å². The monoisotopic (exact) mass is 252 g/mol. The minimum atomic E-state index is -0.847. The van der Waals surface area contributed by atoms with Gasteiger partial charge >= 0.3 is 0 Å². The van der Waals surface area contributed by atoms with Crippen molar-refractivity contribution in [1.29, 1.82) is 0 Å². The van der Waals surface area contributed by atoms with Crippen molar-refractivity contribution >= 4 is 17.6 Å². The molecule has 1 N–H and O–H groups in total. The summed E-state index contributed by atoms with van der Waals surface area (Å²) in [4.78, 5) is 4.89. The van der Waals surface area contributed by atoms with Crippen LogP contribution in [0.5, 0.6) is 0 Å². The van der Waals surface area contributed by atoms with Crippen LogP contribution < -0.4 is 5.32 Å². The maximum Gasteiger partial charge on any atom is 0.159 e. The van der Waals surface area contributed by atoms with Gasteiger partial charge in [0.25, 0.3) is 0 Å². The van der Waals surface area contributed by atoms with E-state index in [1.807, 2.05) is 18.2 Å². The fraction of sp³-hybridized carbons (Fsp3) is 0.0833. The van der Waals surface area contributed by atoms with E-state index in [1.165, 1.54) is 17.8 Å². The number of nitrogens with zero attached hydrogens (tertiary/aromatic N) is 1. The number of pyridine rings is 1. The summed E-state index contributed by atoms with van der Waals surface area (Å²) >= 11 is 1.28. The Morgan fingerprint density at radius 2 is 1.94 bits per heavy atom. The van der Waals surface area contributed by atoms with Crippen LogP contribution in [0.1, 0.15) is 0 Å². The van der Waals surface area contributed by atoms with E-state index in [9.17, 15) is 8.78 Å². The summed E-state index contributed by atoms with van der Waals surface area (Å²) in [6, 6.07) is 9.28. The van der Waals surface area contributed by atoms with Gasteiger partial charge in [-0.15, -0.1) is 0 Å². The average molecular weight is 252 g/mol. The van der Waals surface area contributed by atoms with Crippen LogP contribution in [0.3, 0.4) is 0 Å². The summed E-state index contributed by atoms with van der Waals surface area (Å²) in [6.45, 7) is 0. The lowest BCUT2D eigenvalue weighted by atomic mass is 10.3. The fourth-order valence-electron chi connectivity index (χ4n) is 1.27. The Balaban J connectivity index is 2.22. The molecule has 2 nitrogen and oxygen atoms in total. The molecule has 0 aliphatic carbocycles. The van der Waals surface area contributed by atoms with Gasteiger partial charge < -0.3 is 5.32 Å². The summed E-state index contributed by atoms with van der Waals surface area (Å²) in [7, 11) is 1.77. The molecule has 0 unspecified atom stereocenters. The average Bonchev–Trinajstić information content (AvgIpc) is 2.34. The second kappa shape index (κ2) is 5.14. The molecule has 0 aliphatic rings. The molecular formula is C12H10F2N2S. The Bertz CT molecular complexity index is 532. The van der Waals surface area contributed by atoms with Crippen LogP contribution >= 0.6 is 11.8 Å². The zero-order chi connectivity index (χ0) is 12.3.